The molecule has 0 aliphatic carbocycles. The normalized spacial score (nSPS) is 12.8. The zero-order valence-electron chi connectivity index (χ0n) is 3.61. The minimum atomic E-state index is 0.356. The van der Waals surface area contributed by atoms with E-state index in [0.717, 1.165) is 0 Å². The van der Waals surface area contributed by atoms with Crippen molar-refractivity contribution in [3.05, 3.63) is 11.4 Å². The summed E-state index contributed by atoms with van der Waals surface area (Å²) < 4.78 is 0. The second-order valence-electron chi connectivity index (χ2n) is 1.12. The van der Waals surface area contributed by atoms with Crippen molar-refractivity contribution in [2.24, 2.45) is 0 Å². The summed E-state index contributed by atoms with van der Waals surface area (Å²) in [5.41, 5.74) is 0. The fourth-order valence-corrected chi connectivity index (χ4v) is 0.271. The van der Waals surface area contributed by atoms with Gasteiger partial charge in [0.2, 0.25) is 6.54 Å². The van der Waals surface area contributed by atoms with Crippen LogP contribution in [0.3, 0.4) is 0 Å². The number of hydrogen-bond donors (Lipinski definition) is 0. The highest BCUT2D eigenvalue weighted by Gasteiger charge is 1.92. The monoisotopic (exact) mass is 147 g/mol. The Balaban J connectivity index is 2.88. The molecule has 0 N–H and O–H groups in total. The lowest BCUT2D eigenvalue weighted by Gasteiger charge is -1.83. The van der Waals surface area contributed by atoms with Crippen molar-refractivity contribution in [2.75, 3.05) is 6.54 Å². The maximum absolute atomic E-state index is 6.33. The van der Waals surface area contributed by atoms with Crippen LogP contribution in [0.2, 0.25) is 0 Å². The Bertz CT molecular complexity index is 62.4. The third-order valence-electron chi connectivity index (χ3n) is 0.343. The topological polar surface area (TPSA) is 4.36 Å². The Kier molecular flexibility index (Phi) is 3.16. The van der Waals surface area contributed by atoms with Crippen molar-refractivity contribution in [1.82, 2.24) is 0 Å². The molecular formula is C4H6BrN. The molecule has 1 nitrogen and oxygen atoms in total. The van der Waals surface area contributed by atoms with Crippen LogP contribution in [0.25, 0.3) is 4.85 Å². The van der Waals surface area contributed by atoms with E-state index in [0.29, 0.717) is 11.4 Å². The summed E-state index contributed by atoms with van der Waals surface area (Å²) in [6.07, 6.45) is 0. The predicted octanol–water partition coefficient (Wildman–Crippen LogP) is 1.69. The van der Waals surface area contributed by atoms with Gasteiger partial charge in [-0.3, -0.25) is 0 Å². The second kappa shape index (κ2) is 3.17. The first-order chi connectivity index (χ1) is 2.77. The molecule has 0 amide bonds. The number of halogens is 1. The molecule has 34 valence electrons. The van der Waals surface area contributed by atoms with Crippen LogP contribution >= 0.6 is 15.9 Å². The van der Waals surface area contributed by atoms with Gasteiger partial charge in [-0.25, -0.2) is 6.57 Å². The first-order valence-corrected chi connectivity index (χ1v) is 2.66. The summed E-state index contributed by atoms with van der Waals surface area (Å²) in [5, 5.41) is 0. The van der Waals surface area contributed by atoms with E-state index in [4.69, 9.17) is 6.57 Å². The van der Waals surface area contributed by atoms with E-state index in [-0.39, 0.29) is 0 Å². The lowest BCUT2D eigenvalue weighted by atomic mass is 10.5. The molecule has 0 aromatic heterocycles. The van der Waals surface area contributed by atoms with E-state index in [1.54, 1.807) is 0 Å². The van der Waals surface area contributed by atoms with Crippen LogP contribution in [-0.4, -0.2) is 11.4 Å². The van der Waals surface area contributed by atoms with Crippen molar-refractivity contribution >= 4 is 15.9 Å². The van der Waals surface area contributed by atoms with E-state index >= 15 is 0 Å². The molecule has 0 saturated heterocycles. The Morgan fingerprint density at radius 3 is 2.50 bits per heavy atom. The van der Waals surface area contributed by atoms with E-state index in [2.05, 4.69) is 20.8 Å². The molecule has 0 aliphatic heterocycles. The number of hydrogen-bond acceptors (Lipinski definition) is 0. The molecule has 0 fully saturated rings. The first-order valence-electron chi connectivity index (χ1n) is 1.74. The van der Waals surface area contributed by atoms with E-state index in [9.17, 15) is 0 Å². The molecule has 0 aromatic carbocycles. The zero-order valence-corrected chi connectivity index (χ0v) is 5.20. The van der Waals surface area contributed by atoms with Crippen molar-refractivity contribution in [3.8, 4) is 0 Å². The fraction of sp³-hybridized carbons (Fsp3) is 0.750. The van der Waals surface area contributed by atoms with E-state index < -0.39 is 0 Å². The summed E-state index contributed by atoms with van der Waals surface area (Å²) in [7, 11) is 0. The van der Waals surface area contributed by atoms with Crippen molar-refractivity contribution < 1.29 is 0 Å². The maximum Gasteiger partial charge on any atom is 0.226 e. The Hall–Kier alpha value is -0.0300. The quantitative estimate of drug-likeness (QED) is 0.393. The Morgan fingerprint density at radius 2 is 2.50 bits per heavy atom. The summed E-state index contributed by atoms with van der Waals surface area (Å²) in [6, 6.07) is 0. The fourth-order valence-electron chi connectivity index (χ4n) is 0.126. The van der Waals surface area contributed by atoms with Gasteiger partial charge in [0.1, 0.15) is 0 Å². The van der Waals surface area contributed by atoms with Crippen LogP contribution in [0.4, 0.5) is 0 Å². The molecule has 0 aliphatic rings. The molecule has 2 heteroatoms. The van der Waals surface area contributed by atoms with Gasteiger partial charge in [-0.2, -0.15) is 0 Å². The van der Waals surface area contributed by atoms with Crippen LogP contribution < -0.4 is 0 Å². The van der Waals surface area contributed by atoms with Crippen LogP contribution in [0, 0.1) is 6.57 Å². The van der Waals surface area contributed by atoms with Gasteiger partial charge in [-0.15, -0.1) is 0 Å². The highest BCUT2D eigenvalue weighted by Crippen LogP contribution is 1.95. The van der Waals surface area contributed by atoms with Gasteiger partial charge in [-0.05, 0) is 6.92 Å². The molecular weight excluding hydrogens is 142 g/mol. The summed E-state index contributed by atoms with van der Waals surface area (Å²) in [5.74, 6) is 0. The number of alkyl halides is 1. The van der Waals surface area contributed by atoms with Gasteiger partial charge in [0.25, 0.3) is 0 Å². The van der Waals surface area contributed by atoms with Crippen LogP contribution in [0.15, 0.2) is 0 Å². The van der Waals surface area contributed by atoms with E-state index in [1.165, 1.54) is 0 Å². The SMILES string of the molecule is [C-]#[N+]CC(C)Br. The second-order valence-corrected chi connectivity index (χ2v) is 2.68. The summed E-state index contributed by atoms with van der Waals surface area (Å²) >= 11 is 3.22. The van der Waals surface area contributed by atoms with E-state index in [1.807, 2.05) is 6.92 Å². The molecule has 0 aromatic rings. The lowest BCUT2D eigenvalue weighted by molar-refractivity contribution is 1.08. The maximum atomic E-state index is 6.33. The Labute approximate surface area is 46.3 Å². The van der Waals surface area contributed by atoms with Gasteiger partial charge < -0.3 is 4.85 Å². The van der Waals surface area contributed by atoms with Gasteiger partial charge in [0, 0.05) is 0 Å². The standard InChI is InChI=1S/C4H6BrN/c1-4(5)3-6-2/h4H,3H2,1H3. The minimum absolute atomic E-state index is 0.356. The molecule has 6 heavy (non-hydrogen) atoms. The molecule has 0 spiro atoms. The van der Waals surface area contributed by atoms with Crippen LogP contribution in [0.1, 0.15) is 6.92 Å². The molecule has 1 atom stereocenters. The van der Waals surface area contributed by atoms with Gasteiger partial charge in [0.05, 0.1) is 4.83 Å². The lowest BCUT2D eigenvalue weighted by Crippen LogP contribution is -1.89. The van der Waals surface area contributed by atoms with Gasteiger partial charge >= 0.3 is 0 Å². The van der Waals surface area contributed by atoms with Gasteiger partial charge in [-0.1, -0.05) is 15.9 Å². The van der Waals surface area contributed by atoms with Crippen LogP contribution in [-0.2, 0) is 0 Å². The molecule has 1 unspecified atom stereocenters. The smallest absolute Gasteiger partial charge is 0.226 e. The molecule has 0 rings (SSSR count). The number of rotatable bonds is 1. The van der Waals surface area contributed by atoms with Crippen molar-refractivity contribution in [3.63, 3.8) is 0 Å². The first kappa shape index (κ1) is 5.97. The number of nitrogens with zero attached hydrogens (tertiary/aromatic N) is 1. The largest absolute Gasteiger partial charge is 0.316 e. The molecule has 0 radical (unpaired) electrons. The molecule has 0 bridgehead atoms. The van der Waals surface area contributed by atoms with Crippen LogP contribution in [0.5, 0.6) is 0 Å². The summed E-state index contributed by atoms with van der Waals surface area (Å²) in [4.78, 5) is 3.49. The minimum Gasteiger partial charge on any atom is -0.316 e. The highest BCUT2D eigenvalue weighted by molar-refractivity contribution is 9.09. The predicted molar refractivity (Wildman–Crippen MR) is 29.9 cm³/mol. The highest BCUT2D eigenvalue weighted by atomic mass is 79.9. The molecule has 0 saturated carbocycles. The van der Waals surface area contributed by atoms with Crippen molar-refractivity contribution in [1.29, 1.82) is 0 Å². The third kappa shape index (κ3) is 3.97. The average molecular weight is 148 g/mol. The Morgan fingerprint density at radius 1 is 2.00 bits per heavy atom. The summed E-state index contributed by atoms with van der Waals surface area (Å²) in [6.45, 7) is 8.87. The average Bonchev–Trinajstić information content (AvgIpc) is 1.35. The zero-order chi connectivity index (χ0) is 4.99. The molecule has 0 heterocycles. The van der Waals surface area contributed by atoms with Gasteiger partial charge in [0.15, 0.2) is 0 Å². The van der Waals surface area contributed by atoms with Crippen molar-refractivity contribution in [2.45, 2.75) is 11.8 Å². The third-order valence-corrected chi connectivity index (χ3v) is 0.632.